The van der Waals surface area contributed by atoms with Crippen molar-refractivity contribution >= 4 is 0 Å². The van der Waals surface area contributed by atoms with Crippen molar-refractivity contribution in [1.29, 1.82) is 0 Å². The van der Waals surface area contributed by atoms with E-state index in [9.17, 15) is 0 Å². The van der Waals surface area contributed by atoms with Crippen LogP contribution < -0.4 is 9.47 Å². The van der Waals surface area contributed by atoms with Gasteiger partial charge in [-0.15, -0.1) is 0 Å². The van der Waals surface area contributed by atoms with Crippen LogP contribution in [0.4, 0.5) is 0 Å². The topological polar surface area (TPSA) is 27.7 Å². The third-order valence-electron chi connectivity index (χ3n) is 5.87. The summed E-state index contributed by atoms with van der Waals surface area (Å²) in [5, 5.41) is 0. The molecular weight excluding hydrogens is 312 g/mol. The van der Waals surface area contributed by atoms with E-state index in [1.807, 2.05) is 6.07 Å². The first-order valence-corrected chi connectivity index (χ1v) is 9.33. The summed E-state index contributed by atoms with van der Waals surface area (Å²) in [5.74, 6) is 2.12. The van der Waals surface area contributed by atoms with Crippen LogP contribution >= 0.6 is 0 Å². The Morgan fingerprint density at radius 1 is 1.04 bits per heavy atom. The molecule has 3 heteroatoms. The fourth-order valence-corrected chi connectivity index (χ4v) is 4.00. The van der Waals surface area contributed by atoms with Gasteiger partial charge in [0.1, 0.15) is 17.6 Å². The molecule has 0 radical (unpaired) electrons. The van der Waals surface area contributed by atoms with Gasteiger partial charge >= 0.3 is 0 Å². The molecule has 0 amide bonds. The highest BCUT2D eigenvalue weighted by Gasteiger charge is 2.53. The second-order valence-corrected chi connectivity index (χ2v) is 7.78. The van der Waals surface area contributed by atoms with E-state index in [2.05, 4.69) is 43.3 Å². The first-order chi connectivity index (χ1) is 12.2. The number of benzene rings is 2. The van der Waals surface area contributed by atoms with Crippen LogP contribution in [0.3, 0.4) is 0 Å². The first-order valence-electron chi connectivity index (χ1n) is 9.33. The lowest BCUT2D eigenvalue weighted by atomic mass is 9.91. The van der Waals surface area contributed by atoms with E-state index in [1.165, 1.54) is 29.5 Å². The summed E-state index contributed by atoms with van der Waals surface area (Å²) in [7, 11) is 0. The summed E-state index contributed by atoms with van der Waals surface area (Å²) < 4.78 is 18.3. The smallest absolute Gasteiger partial charge is 0.129 e. The van der Waals surface area contributed by atoms with E-state index in [-0.39, 0.29) is 11.5 Å². The van der Waals surface area contributed by atoms with Gasteiger partial charge in [0.25, 0.3) is 0 Å². The van der Waals surface area contributed by atoms with E-state index >= 15 is 0 Å². The molecule has 3 aliphatic rings. The first kappa shape index (κ1) is 15.3. The fourth-order valence-electron chi connectivity index (χ4n) is 4.00. The molecule has 0 bridgehead atoms. The van der Waals surface area contributed by atoms with Crippen LogP contribution in [0.5, 0.6) is 11.5 Å². The maximum atomic E-state index is 6.35. The van der Waals surface area contributed by atoms with Crippen molar-refractivity contribution < 1.29 is 14.2 Å². The van der Waals surface area contributed by atoms with Crippen molar-refractivity contribution in [1.82, 2.24) is 0 Å². The Bertz CT molecular complexity index is 773. The highest BCUT2D eigenvalue weighted by atomic mass is 16.5. The van der Waals surface area contributed by atoms with Crippen LogP contribution in [0.15, 0.2) is 42.5 Å². The predicted octanol–water partition coefficient (Wildman–Crippen LogP) is 4.55. The minimum atomic E-state index is 0.254. The van der Waals surface area contributed by atoms with Crippen molar-refractivity contribution in [3.8, 4) is 11.5 Å². The van der Waals surface area contributed by atoms with E-state index in [4.69, 9.17) is 14.2 Å². The Hall–Kier alpha value is -2.00. The average molecular weight is 336 g/mol. The maximum Gasteiger partial charge on any atom is 0.129 e. The van der Waals surface area contributed by atoms with Crippen molar-refractivity contribution in [2.24, 2.45) is 0 Å². The number of rotatable bonds is 5. The average Bonchev–Trinajstić information content (AvgIpc) is 3.27. The van der Waals surface area contributed by atoms with Gasteiger partial charge in [-0.25, -0.2) is 0 Å². The van der Waals surface area contributed by atoms with E-state index in [0.717, 1.165) is 30.9 Å². The summed E-state index contributed by atoms with van der Waals surface area (Å²) in [6, 6.07) is 14.6. The van der Waals surface area contributed by atoms with Crippen LogP contribution in [-0.2, 0) is 16.8 Å². The van der Waals surface area contributed by atoms with Gasteiger partial charge in [-0.2, -0.15) is 0 Å². The van der Waals surface area contributed by atoms with Crippen LogP contribution in [0.2, 0.25) is 0 Å². The fraction of sp³-hybridized carbons (Fsp3) is 0.455. The maximum absolute atomic E-state index is 6.35. The molecule has 2 aliphatic carbocycles. The molecule has 2 aromatic rings. The normalized spacial score (nSPS) is 25.2. The molecule has 0 unspecified atom stereocenters. The molecular formula is C22H24O3. The van der Waals surface area contributed by atoms with Gasteiger partial charge in [-0.3, -0.25) is 0 Å². The highest BCUT2D eigenvalue weighted by molar-refractivity contribution is 5.58. The minimum Gasteiger partial charge on any atom is -0.492 e. The van der Waals surface area contributed by atoms with Crippen molar-refractivity contribution in [2.75, 3.05) is 6.61 Å². The van der Waals surface area contributed by atoms with Crippen LogP contribution in [0.1, 0.15) is 42.4 Å². The molecule has 3 nitrogen and oxygen atoms in total. The van der Waals surface area contributed by atoms with E-state index < -0.39 is 0 Å². The van der Waals surface area contributed by atoms with Gasteiger partial charge in [-0.05, 0) is 37.0 Å². The van der Waals surface area contributed by atoms with Crippen LogP contribution in [-0.4, -0.2) is 18.8 Å². The summed E-state index contributed by atoms with van der Waals surface area (Å²) >= 11 is 0. The zero-order valence-electron chi connectivity index (χ0n) is 14.7. The molecule has 1 aliphatic heterocycles. The Labute approximate surface area is 148 Å². The van der Waals surface area contributed by atoms with Crippen molar-refractivity contribution in [3.05, 3.63) is 59.2 Å². The summed E-state index contributed by atoms with van der Waals surface area (Å²) in [6.07, 6.45) is 4.99. The zero-order valence-corrected chi connectivity index (χ0v) is 14.7. The van der Waals surface area contributed by atoms with E-state index in [0.29, 0.717) is 12.7 Å². The van der Waals surface area contributed by atoms with Gasteiger partial charge in [0.15, 0.2) is 0 Å². The SMILES string of the molecule is Cc1ccc(O[C@H]2C[C@H](OCc3ccccc3)C2)c2c1OCC21CC1. The third kappa shape index (κ3) is 2.71. The Morgan fingerprint density at radius 3 is 2.60 bits per heavy atom. The molecule has 1 spiro atoms. The Morgan fingerprint density at radius 2 is 1.84 bits per heavy atom. The summed E-state index contributed by atoms with van der Waals surface area (Å²) in [4.78, 5) is 0. The van der Waals surface area contributed by atoms with Crippen molar-refractivity contribution in [3.63, 3.8) is 0 Å². The largest absolute Gasteiger partial charge is 0.492 e. The number of fused-ring (bicyclic) bond motifs is 2. The second kappa shape index (κ2) is 5.77. The predicted molar refractivity (Wildman–Crippen MR) is 96.3 cm³/mol. The van der Waals surface area contributed by atoms with Gasteiger partial charge in [0, 0.05) is 23.8 Å². The van der Waals surface area contributed by atoms with Gasteiger partial charge in [0.05, 0.1) is 19.3 Å². The molecule has 5 rings (SSSR count). The zero-order chi connectivity index (χ0) is 16.9. The molecule has 0 atom stereocenters. The van der Waals surface area contributed by atoms with Gasteiger partial charge in [0.2, 0.25) is 0 Å². The number of aryl methyl sites for hydroxylation is 1. The Balaban J connectivity index is 1.20. The standard InChI is InChI=1S/C22H24O3/c1-15-7-8-19(20-21(15)24-14-22(20)9-10-22)25-18-11-17(12-18)23-13-16-5-3-2-4-6-16/h2-8,17-18H,9-14H2,1H3/t17-,18-. The van der Waals surface area contributed by atoms with Gasteiger partial charge in [-0.1, -0.05) is 36.4 Å². The molecule has 25 heavy (non-hydrogen) atoms. The number of hydrogen-bond acceptors (Lipinski definition) is 3. The molecule has 0 N–H and O–H groups in total. The summed E-state index contributed by atoms with van der Waals surface area (Å²) in [6.45, 7) is 3.65. The number of hydrogen-bond donors (Lipinski definition) is 0. The molecule has 130 valence electrons. The lowest BCUT2D eigenvalue weighted by Crippen LogP contribution is -2.39. The lowest BCUT2D eigenvalue weighted by Gasteiger charge is -2.35. The monoisotopic (exact) mass is 336 g/mol. The van der Waals surface area contributed by atoms with Gasteiger partial charge < -0.3 is 14.2 Å². The van der Waals surface area contributed by atoms with E-state index in [1.54, 1.807) is 0 Å². The molecule has 0 aromatic heterocycles. The third-order valence-corrected chi connectivity index (χ3v) is 5.87. The summed E-state index contributed by atoms with van der Waals surface area (Å²) in [5.41, 5.74) is 4.05. The quantitative estimate of drug-likeness (QED) is 0.802. The molecule has 2 saturated carbocycles. The highest BCUT2D eigenvalue weighted by Crippen LogP contribution is 2.59. The second-order valence-electron chi connectivity index (χ2n) is 7.78. The minimum absolute atomic E-state index is 0.254. The molecule has 2 aromatic carbocycles. The number of ether oxygens (including phenoxy) is 3. The molecule has 1 heterocycles. The van der Waals surface area contributed by atoms with Crippen LogP contribution in [0.25, 0.3) is 0 Å². The van der Waals surface area contributed by atoms with Crippen LogP contribution in [0, 0.1) is 6.92 Å². The molecule has 2 fully saturated rings. The molecule has 0 saturated heterocycles. The van der Waals surface area contributed by atoms with Crippen molar-refractivity contribution in [2.45, 2.75) is 56.8 Å². The lowest BCUT2D eigenvalue weighted by molar-refractivity contribution is -0.0686. The Kier molecular flexibility index (Phi) is 3.53.